The third kappa shape index (κ3) is 5.38. The summed E-state index contributed by atoms with van der Waals surface area (Å²) in [6, 6.07) is 15.1. The van der Waals surface area contributed by atoms with E-state index in [4.69, 9.17) is 19.2 Å². The summed E-state index contributed by atoms with van der Waals surface area (Å²) < 4.78 is 20.7. The Morgan fingerprint density at radius 2 is 1.72 bits per heavy atom. The molecular weight excluding hydrogens is 564 g/mol. The number of ether oxygens (including phenoxy) is 3. The summed E-state index contributed by atoms with van der Waals surface area (Å²) in [5, 5.41) is 0. The minimum atomic E-state index is -0.750. The second-order valence-corrected chi connectivity index (χ2v) is 11.5. The molecule has 0 unspecified atom stereocenters. The Morgan fingerprint density at radius 3 is 2.35 bits per heavy atom. The van der Waals surface area contributed by atoms with Crippen LogP contribution in [0.25, 0.3) is 11.8 Å². The largest absolute Gasteiger partial charge is 0.493 e. The molecule has 3 heterocycles. The molecule has 2 aromatic heterocycles. The van der Waals surface area contributed by atoms with E-state index in [1.54, 1.807) is 44.8 Å². The number of aryl methyl sites for hydroxylation is 1. The van der Waals surface area contributed by atoms with Gasteiger partial charge in [-0.05, 0) is 87.4 Å². The van der Waals surface area contributed by atoms with Crippen LogP contribution in [0.15, 0.2) is 69.6 Å². The molecule has 0 amide bonds. The fraction of sp³-hybridized carbons (Fsp3) is 0.303. The van der Waals surface area contributed by atoms with E-state index in [1.807, 2.05) is 33.2 Å². The summed E-state index contributed by atoms with van der Waals surface area (Å²) in [5.41, 5.74) is 6.43. The number of nitrogens with zero attached hydrogens (tertiary/aromatic N) is 4. The molecule has 9 nitrogen and oxygen atoms in total. The maximum Gasteiger partial charge on any atom is 0.338 e. The molecule has 0 aliphatic carbocycles. The molecule has 0 spiro atoms. The molecule has 0 radical (unpaired) electrons. The lowest BCUT2D eigenvalue weighted by molar-refractivity contribution is -0.139. The van der Waals surface area contributed by atoms with E-state index >= 15 is 0 Å². The smallest absolute Gasteiger partial charge is 0.338 e. The van der Waals surface area contributed by atoms with Crippen LogP contribution < -0.4 is 29.3 Å². The van der Waals surface area contributed by atoms with Crippen LogP contribution in [0.1, 0.15) is 42.4 Å². The number of carbonyl (C=O) groups is 1. The molecule has 1 aliphatic rings. The highest BCUT2D eigenvalue weighted by atomic mass is 32.1. The molecule has 1 atom stereocenters. The molecule has 0 fully saturated rings. The van der Waals surface area contributed by atoms with Crippen LogP contribution in [0.5, 0.6) is 11.5 Å². The molecule has 1 aliphatic heterocycles. The first kappa shape index (κ1) is 29.9. The Bertz CT molecular complexity index is 1910. The van der Waals surface area contributed by atoms with Crippen molar-refractivity contribution in [1.82, 2.24) is 9.13 Å². The van der Waals surface area contributed by atoms with E-state index in [2.05, 4.69) is 46.7 Å². The first-order valence-electron chi connectivity index (χ1n) is 14.0. The molecule has 0 saturated heterocycles. The predicted octanol–water partition coefficient (Wildman–Crippen LogP) is 4.29. The van der Waals surface area contributed by atoms with Gasteiger partial charge in [-0.15, -0.1) is 0 Å². The summed E-state index contributed by atoms with van der Waals surface area (Å²) in [6.07, 6.45) is 1.91. The number of fused-ring (bicyclic) bond motifs is 1. The normalized spacial score (nSPS) is 14.8. The van der Waals surface area contributed by atoms with Crippen LogP contribution in [0, 0.1) is 13.8 Å². The van der Waals surface area contributed by atoms with Gasteiger partial charge in [-0.2, -0.15) is 0 Å². The van der Waals surface area contributed by atoms with E-state index in [1.165, 1.54) is 11.3 Å². The van der Waals surface area contributed by atoms with Crippen molar-refractivity contribution in [1.29, 1.82) is 0 Å². The highest BCUT2D eigenvalue weighted by Gasteiger charge is 2.34. The van der Waals surface area contributed by atoms with Crippen molar-refractivity contribution >= 4 is 29.1 Å². The number of thiazole rings is 1. The number of carbonyl (C=O) groups excluding carboxylic acids is 1. The monoisotopic (exact) mass is 600 g/mol. The zero-order chi connectivity index (χ0) is 31.0. The van der Waals surface area contributed by atoms with Crippen LogP contribution in [-0.4, -0.2) is 50.0 Å². The molecule has 224 valence electrons. The zero-order valence-corrected chi connectivity index (χ0v) is 26.5. The lowest BCUT2D eigenvalue weighted by atomic mass is 9.95. The summed E-state index contributed by atoms with van der Waals surface area (Å²) >= 11 is 1.30. The van der Waals surface area contributed by atoms with Gasteiger partial charge in [-0.3, -0.25) is 9.36 Å². The Hall–Kier alpha value is -4.57. The van der Waals surface area contributed by atoms with Crippen molar-refractivity contribution < 1.29 is 19.0 Å². The molecule has 5 rings (SSSR count). The van der Waals surface area contributed by atoms with E-state index in [0.717, 1.165) is 28.3 Å². The minimum Gasteiger partial charge on any atom is -0.493 e. The van der Waals surface area contributed by atoms with Gasteiger partial charge in [0.1, 0.15) is 0 Å². The van der Waals surface area contributed by atoms with Crippen molar-refractivity contribution in [3.8, 4) is 17.2 Å². The van der Waals surface area contributed by atoms with Crippen molar-refractivity contribution in [3.05, 3.63) is 102 Å². The van der Waals surface area contributed by atoms with Gasteiger partial charge in [-0.25, -0.2) is 9.79 Å². The fourth-order valence-electron chi connectivity index (χ4n) is 5.50. The summed E-state index contributed by atoms with van der Waals surface area (Å²) in [7, 11) is 7.14. The van der Waals surface area contributed by atoms with Gasteiger partial charge in [0, 0.05) is 36.9 Å². The van der Waals surface area contributed by atoms with Crippen LogP contribution in [0.4, 0.5) is 5.69 Å². The van der Waals surface area contributed by atoms with Crippen molar-refractivity contribution in [3.63, 3.8) is 0 Å². The number of benzene rings is 2. The number of anilines is 1. The lowest BCUT2D eigenvalue weighted by Crippen LogP contribution is -2.40. The first-order valence-corrected chi connectivity index (χ1v) is 14.8. The molecule has 0 N–H and O–H groups in total. The quantitative estimate of drug-likeness (QED) is 0.281. The van der Waals surface area contributed by atoms with E-state index < -0.39 is 12.0 Å². The topological polar surface area (TPSA) is 87.3 Å². The van der Waals surface area contributed by atoms with E-state index in [0.29, 0.717) is 37.7 Å². The van der Waals surface area contributed by atoms with Crippen molar-refractivity contribution in [2.45, 2.75) is 33.7 Å². The maximum atomic E-state index is 14.1. The van der Waals surface area contributed by atoms with Gasteiger partial charge in [-0.1, -0.05) is 17.4 Å². The molecule has 0 saturated carbocycles. The average Bonchev–Trinajstić information content (AvgIpc) is 3.45. The molecule has 10 heteroatoms. The number of hydrogen-bond acceptors (Lipinski definition) is 8. The molecule has 4 aromatic rings. The zero-order valence-electron chi connectivity index (χ0n) is 25.7. The average molecular weight is 601 g/mol. The second kappa shape index (κ2) is 12.0. The fourth-order valence-corrected chi connectivity index (χ4v) is 6.54. The number of aromatic nitrogens is 2. The van der Waals surface area contributed by atoms with Crippen LogP contribution in [-0.2, 0) is 9.53 Å². The first-order chi connectivity index (χ1) is 20.6. The number of allylic oxidation sites excluding steroid dienone is 1. The molecular formula is C33H36N4O5S. The lowest BCUT2D eigenvalue weighted by Gasteiger charge is -2.25. The Balaban J connectivity index is 1.67. The number of methoxy groups -OCH3 is 2. The summed E-state index contributed by atoms with van der Waals surface area (Å²) in [6.45, 7) is 7.82. The molecule has 2 aromatic carbocycles. The third-order valence-electron chi connectivity index (χ3n) is 7.62. The predicted molar refractivity (Wildman–Crippen MR) is 170 cm³/mol. The molecule has 43 heavy (non-hydrogen) atoms. The van der Waals surface area contributed by atoms with Crippen molar-refractivity contribution in [2.75, 3.05) is 39.8 Å². The van der Waals surface area contributed by atoms with Gasteiger partial charge >= 0.3 is 5.97 Å². The summed E-state index contributed by atoms with van der Waals surface area (Å²) in [5.74, 6) is 0.524. The standard InChI is InChI=1S/C33H36N4O5S/c1-9-42-32(39)29-20(3)34-33-37(30(29)22-10-15-26(40-7)27(17-22)41-8)31(38)28(43-33)18-23-16-19(2)36(21(23)4)25-13-11-24(12-14-25)35(5)6/h10-18,30H,9H2,1-8H3/b28-18+/t30-/m0/s1. The highest BCUT2D eigenvalue weighted by Crippen LogP contribution is 2.36. The van der Waals surface area contributed by atoms with Crippen LogP contribution in [0.2, 0.25) is 0 Å². The Morgan fingerprint density at radius 1 is 1.02 bits per heavy atom. The second-order valence-electron chi connectivity index (χ2n) is 10.5. The number of rotatable bonds is 8. The van der Waals surface area contributed by atoms with Gasteiger partial charge < -0.3 is 23.7 Å². The maximum absolute atomic E-state index is 14.1. The highest BCUT2D eigenvalue weighted by molar-refractivity contribution is 7.07. The van der Waals surface area contributed by atoms with Gasteiger partial charge in [0.2, 0.25) is 0 Å². The Kier molecular flexibility index (Phi) is 8.32. The van der Waals surface area contributed by atoms with Crippen molar-refractivity contribution in [2.24, 2.45) is 4.99 Å². The van der Waals surface area contributed by atoms with Gasteiger partial charge in [0.25, 0.3) is 5.56 Å². The number of esters is 1. The minimum absolute atomic E-state index is 0.201. The van der Waals surface area contributed by atoms with Crippen LogP contribution in [0.3, 0.4) is 0 Å². The third-order valence-corrected chi connectivity index (χ3v) is 8.60. The van der Waals surface area contributed by atoms with Gasteiger partial charge in [0.05, 0.1) is 42.7 Å². The van der Waals surface area contributed by atoms with E-state index in [9.17, 15) is 9.59 Å². The van der Waals surface area contributed by atoms with Crippen LogP contribution >= 0.6 is 11.3 Å². The molecule has 0 bridgehead atoms. The van der Waals surface area contributed by atoms with Gasteiger partial charge in [0.15, 0.2) is 16.3 Å². The number of hydrogen-bond donors (Lipinski definition) is 0. The summed E-state index contributed by atoms with van der Waals surface area (Å²) in [4.78, 5) is 34.6. The SMILES string of the molecule is CCOC(=O)C1=C(C)N=c2s/c(=C/c3cc(C)n(-c4ccc(N(C)C)cc4)c3C)c(=O)n2[C@H]1c1ccc(OC)c(OC)c1. The van der Waals surface area contributed by atoms with E-state index in [-0.39, 0.29) is 12.2 Å². The Labute approximate surface area is 254 Å².